The zero-order chi connectivity index (χ0) is 22.3. The molecule has 2 heterocycles. The number of likely N-dealkylation sites (tertiary alicyclic amines) is 1. The largest absolute Gasteiger partial charge is 0.508 e. The molecule has 4 rings (SSSR count). The monoisotopic (exact) mass is 486 g/mol. The number of hydrogen-bond acceptors (Lipinski definition) is 5. The molecule has 2 saturated heterocycles. The van der Waals surface area contributed by atoms with Gasteiger partial charge in [-0.2, -0.15) is 0 Å². The summed E-state index contributed by atoms with van der Waals surface area (Å²) in [6.07, 6.45) is 1.44. The molecule has 0 radical (unpaired) electrons. The first-order valence-electron chi connectivity index (χ1n) is 10.2. The van der Waals surface area contributed by atoms with Crippen LogP contribution in [0.2, 0.25) is 0 Å². The Hall–Kier alpha value is -2.71. The Bertz CT molecular complexity index is 1040. The summed E-state index contributed by atoms with van der Waals surface area (Å²) in [5.74, 6) is -4.26. The van der Waals surface area contributed by atoms with Gasteiger partial charge in [0.25, 0.3) is 0 Å². The molecule has 2 aromatic rings. The average Bonchev–Trinajstić information content (AvgIpc) is 3.24. The van der Waals surface area contributed by atoms with E-state index in [9.17, 15) is 24.6 Å². The van der Waals surface area contributed by atoms with Crippen molar-refractivity contribution in [1.29, 1.82) is 0 Å². The van der Waals surface area contributed by atoms with Gasteiger partial charge in [0, 0.05) is 22.6 Å². The SMILES string of the molecule is CCCCN1C(=O)C2C(c3cc(Br)ccc3O)NC(C(=O)O)(c3ccccc3)C2C1=O. The van der Waals surface area contributed by atoms with Crippen molar-refractivity contribution in [3.05, 3.63) is 64.1 Å². The molecule has 31 heavy (non-hydrogen) atoms. The van der Waals surface area contributed by atoms with Gasteiger partial charge in [0.2, 0.25) is 11.8 Å². The quantitative estimate of drug-likeness (QED) is 0.541. The second-order valence-electron chi connectivity index (χ2n) is 7.99. The zero-order valence-electron chi connectivity index (χ0n) is 16.9. The molecule has 3 N–H and O–H groups in total. The van der Waals surface area contributed by atoms with E-state index in [0.29, 0.717) is 22.0 Å². The molecule has 2 aromatic carbocycles. The summed E-state index contributed by atoms with van der Waals surface area (Å²) >= 11 is 3.37. The van der Waals surface area contributed by atoms with E-state index in [1.54, 1.807) is 42.5 Å². The van der Waals surface area contributed by atoms with E-state index in [-0.39, 0.29) is 12.3 Å². The standard InChI is InChI=1S/C23H23BrN2O5/c1-2-3-11-26-20(28)17-18(21(26)29)23(22(30)31,13-7-5-4-6-8-13)25-19(17)15-12-14(24)9-10-16(15)27/h4-10,12,17-19,25,27H,2-3,11H2,1H3,(H,30,31). The van der Waals surface area contributed by atoms with Crippen LogP contribution in [-0.2, 0) is 19.9 Å². The molecule has 162 valence electrons. The Kier molecular flexibility index (Phi) is 5.61. The van der Waals surface area contributed by atoms with Gasteiger partial charge >= 0.3 is 5.97 Å². The number of fused-ring (bicyclic) bond motifs is 1. The summed E-state index contributed by atoms with van der Waals surface area (Å²) in [5, 5.41) is 24.0. The van der Waals surface area contributed by atoms with E-state index in [1.165, 1.54) is 11.0 Å². The van der Waals surface area contributed by atoms with Crippen molar-refractivity contribution in [2.24, 2.45) is 11.8 Å². The van der Waals surface area contributed by atoms with Crippen molar-refractivity contribution in [3.63, 3.8) is 0 Å². The van der Waals surface area contributed by atoms with Gasteiger partial charge in [-0.15, -0.1) is 0 Å². The number of nitrogens with zero attached hydrogens (tertiary/aromatic N) is 1. The number of amides is 2. The number of hydrogen-bond donors (Lipinski definition) is 3. The number of nitrogens with one attached hydrogen (secondary N) is 1. The highest BCUT2D eigenvalue weighted by molar-refractivity contribution is 9.10. The molecule has 0 bridgehead atoms. The number of carbonyl (C=O) groups is 3. The van der Waals surface area contributed by atoms with Gasteiger partial charge in [-0.3, -0.25) is 19.8 Å². The Morgan fingerprint density at radius 3 is 2.52 bits per heavy atom. The van der Waals surface area contributed by atoms with E-state index in [4.69, 9.17) is 0 Å². The van der Waals surface area contributed by atoms with Crippen LogP contribution in [0.25, 0.3) is 0 Å². The van der Waals surface area contributed by atoms with Gasteiger partial charge in [-0.05, 0) is 30.2 Å². The van der Waals surface area contributed by atoms with Crippen molar-refractivity contribution in [1.82, 2.24) is 10.2 Å². The van der Waals surface area contributed by atoms with Crippen LogP contribution in [0.3, 0.4) is 0 Å². The van der Waals surface area contributed by atoms with Crippen LogP contribution >= 0.6 is 15.9 Å². The van der Waals surface area contributed by atoms with E-state index >= 15 is 0 Å². The minimum absolute atomic E-state index is 0.0686. The molecule has 0 aromatic heterocycles. The third-order valence-corrected chi connectivity index (χ3v) is 6.77. The first-order valence-corrected chi connectivity index (χ1v) is 11.0. The average molecular weight is 487 g/mol. The minimum Gasteiger partial charge on any atom is -0.508 e. The third-order valence-electron chi connectivity index (χ3n) is 6.28. The highest BCUT2D eigenvalue weighted by atomic mass is 79.9. The molecule has 4 atom stereocenters. The van der Waals surface area contributed by atoms with Crippen LogP contribution in [0.5, 0.6) is 5.75 Å². The van der Waals surface area contributed by atoms with Gasteiger partial charge in [0.1, 0.15) is 5.75 Å². The number of aliphatic carboxylic acids is 1. The second kappa shape index (κ2) is 8.09. The summed E-state index contributed by atoms with van der Waals surface area (Å²) in [4.78, 5) is 40.8. The van der Waals surface area contributed by atoms with Gasteiger partial charge in [0.15, 0.2) is 5.54 Å². The summed E-state index contributed by atoms with van der Waals surface area (Å²) in [7, 11) is 0. The highest BCUT2D eigenvalue weighted by Gasteiger charge is 2.69. The lowest BCUT2D eigenvalue weighted by Gasteiger charge is -2.31. The number of imide groups is 1. The van der Waals surface area contributed by atoms with E-state index < -0.39 is 41.2 Å². The van der Waals surface area contributed by atoms with Gasteiger partial charge in [0.05, 0.1) is 11.8 Å². The van der Waals surface area contributed by atoms with Crippen LogP contribution < -0.4 is 5.32 Å². The lowest BCUT2D eigenvalue weighted by Crippen LogP contribution is -2.53. The fourth-order valence-electron chi connectivity index (χ4n) is 4.83. The second-order valence-corrected chi connectivity index (χ2v) is 8.91. The number of benzene rings is 2. The number of phenols is 1. The first-order chi connectivity index (χ1) is 14.8. The molecule has 4 unspecified atom stereocenters. The van der Waals surface area contributed by atoms with Crippen molar-refractivity contribution in [2.45, 2.75) is 31.3 Å². The molecule has 2 fully saturated rings. The molecule has 2 amide bonds. The maximum atomic E-state index is 13.5. The van der Waals surface area contributed by atoms with Crippen LogP contribution in [-0.4, -0.2) is 39.4 Å². The highest BCUT2D eigenvalue weighted by Crippen LogP contribution is 2.54. The lowest BCUT2D eigenvalue weighted by molar-refractivity contribution is -0.152. The number of unbranched alkanes of at least 4 members (excludes halogenated alkanes) is 1. The molecular weight excluding hydrogens is 464 g/mol. The predicted molar refractivity (Wildman–Crippen MR) is 116 cm³/mol. The maximum absolute atomic E-state index is 13.5. The Morgan fingerprint density at radius 2 is 1.87 bits per heavy atom. The molecular formula is C23H23BrN2O5. The van der Waals surface area contributed by atoms with E-state index in [0.717, 1.165) is 6.42 Å². The van der Waals surface area contributed by atoms with Crippen LogP contribution in [0.4, 0.5) is 0 Å². The smallest absolute Gasteiger partial charge is 0.329 e. The van der Waals surface area contributed by atoms with E-state index in [2.05, 4.69) is 21.2 Å². The van der Waals surface area contributed by atoms with Crippen molar-refractivity contribution < 1.29 is 24.6 Å². The van der Waals surface area contributed by atoms with Crippen LogP contribution in [0, 0.1) is 11.8 Å². The van der Waals surface area contributed by atoms with Gasteiger partial charge < -0.3 is 10.2 Å². The maximum Gasteiger partial charge on any atom is 0.329 e. The van der Waals surface area contributed by atoms with Crippen molar-refractivity contribution in [3.8, 4) is 5.75 Å². The summed E-state index contributed by atoms with van der Waals surface area (Å²) in [5.41, 5.74) is -1.02. The Balaban J connectivity index is 1.92. The molecule has 2 aliphatic heterocycles. The molecule has 0 spiro atoms. The third kappa shape index (κ3) is 3.25. The number of carboxylic acid groups (broad SMARTS) is 1. The number of carbonyl (C=O) groups excluding carboxylic acids is 2. The molecule has 0 aliphatic carbocycles. The molecule has 8 heteroatoms. The molecule has 2 aliphatic rings. The predicted octanol–water partition coefficient (Wildman–Crippen LogP) is 3.18. The Labute approximate surface area is 188 Å². The summed E-state index contributed by atoms with van der Waals surface area (Å²) in [6.45, 7) is 2.21. The fourth-order valence-corrected chi connectivity index (χ4v) is 5.21. The number of carboxylic acids is 1. The van der Waals surface area contributed by atoms with Gasteiger partial charge in [-0.1, -0.05) is 59.6 Å². The number of halogens is 1. The van der Waals surface area contributed by atoms with Crippen LogP contribution in [0.1, 0.15) is 36.9 Å². The number of aromatic hydroxyl groups is 1. The van der Waals surface area contributed by atoms with Crippen LogP contribution in [0.15, 0.2) is 53.0 Å². The normalized spacial score (nSPS) is 27.5. The Morgan fingerprint density at radius 1 is 1.16 bits per heavy atom. The molecule has 0 saturated carbocycles. The summed E-state index contributed by atoms with van der Waals surface area (Å²) in [6, 6.07) is 12.4. The minimum atomic E-state index is -1.79. The topological polar surface area (TPSA) is 107 Å². The first kappa shape index (κ1) is 21.5. The van der Waals surface area contributed by atoms with Gasteiger partial charge in [-0.25, -0.2) is 4.79 Å². The fraction of sp³-hybridized carbons (Fsp3) is 0.348. The molecule has 7 nitrogen and oxygen atoms in total. The lowest BCUT2D eigenvalue weighted by atomic mass is 9.75. The van der Waals surface area contributed by atoms with Crippen molar-refractivity contribution >= 4 is 33.7 Å². The van der Waals surface area contributed by atoms with Crippen molar-refractivity contribution in [2.75, 3.05) is 6.54 Å². The number of rotatable bonds is 6. The zero-order valence-corrected chi connectivity index (χ0v) is 18.5. The summed E-state index contributed by atoms with van der Waals surface area (Å²) < 4.78 is 0.672. The number of phenolic OH excluding ortho intramolecular Hbond substituents is 1. The van der Waals surface area contributed by atoms with E-state index in [1.807, 2.05) is 6.92 Å².